The summed E-state index contributed by atoms with van der Waals surface area (Å²) in [4.78, 5) is 11.6. The molecule has 1 saturated carbocycles. The molecule has 1 rings (SSSR count). The number of nitrogens with one attached hydrogen (secondary N) is 1. The third kappa shape index (κ3) is 6.06. The van der Waals surface area contributed by atoms with Crippen molar-refractivity contribution in [2.45, 2.75) is 64.7 Å². The van der Waals surface area contributed by atoms with Gasteiger partial charge in [-0.05, 0) is 31.1 Å². The summed E-state index contributed by atoms with van der Waals surface area (Å²) in [6.07, 6.45) is 9.77. The first-order valence-electron chi connectivity index (χ1n) is 7.10. The molecular weight excluding hydrogens is 214 g/mol. The summed E-state index contributed by atoms with van der Waals surface area (Å²) in [6, 6.07) is 0. The van der Waals surface area contributed by atoms with Crippen LogP contribution in [0.25, 0.3) is 0 Å². The minimum Gasteiger partial charge on any atom is -0.396 e. The molecule has 100 valence electrons. The zero-order chi connectivity index (χ0) is 12.6. The molecule has 0 saturated heterocycles. The lowest BCUT2D eigenvalue weighted by atomic mass is 10.0. The highest BCUT2D eigenvalue weighted by atomic mass is 16.3. The predicted molar refractivity (Wildman–Crippen MR) is 69.8 cm³/mol. The van der Waals surface area contributed by atoms with Crippen LogP contribution in [-0.2, 0) is 4.79 Å². The quantitative estimate of drug-likeness (QED) is 0.578. The fourth-order valence-corrected chi connectivity index (χ4v) is 2.19. The zero-order valence-electron chi connectivity index (χ0n) is 11.1. The van der Waals surface area contributed by atoms with Crippen molar-refractivity contribution < 1.29 is 9.90 Å². The lowest BCUT2D eigenvalue weighted by Gasteiger charge is -2.14. The van der Waals surface area contributed by atoms with E-state index in [1.165, 1.54) is 25.7 Å². The number of rotatable bonds is 10. The monoisotopic (exact) mass is 241 g/mol. The molecule has 17 heavy (non-hydrogen) atoms. The number of carbonyl (C=O) groups is 1. The molecule has 0 unspecified atom stereocenters. The molecule has 0 aromatic carbocycles. The Morgan fingerprint density at radius 3 is 2.53 bits per heavy atom. The standard InChI is InChI=1S/C14H27NO2/c1-2-3-4-5-6-7-13(17)15-12-14(8-9-14)10-11-16/h16H,2-12H2,1H3,(H,15,17). The van der Waals surface area contributed by atoms with Gasteiger partial charge in [0.15, 0.2) is 0 Å². The van der Waals surface area contributed by atoms with Crippen LogP contribution in [0.2, 0.25) is 0 Å². The summed E-state index contributed by atoms with van der Waals surface area (Å²) in [7, 11) is 0. The Kier molecular flexibility index (Phi) is 6.56. The van der Waals surface area contributed by atoms with Gasteiger partial charge in [-0.2, -0.15) is 0 Å². The molecule has 1 aliphatic rings. The average molecular weight is 241 g/mol. The third-order valence-corrected chi connectivity index (χ3v) is 3.77. The summed E-state index contributed by atoms with van der Waals surface area (Å²) in [5.74, 6) is 0.186. The molecule has 0 heterocycles. The fraction of sp³-hybridized carbons (Fsp3) is 0.929. The highest BCUT2D eigenvalue weighted by Gasteiger charge is 2.41. The Hall–Kier alpha value is -0.570. The van der Waals surface area contributed by atoms with Crippen LogP contribution in [0.4, 0.5) is 0 Å². The van der Waals surface area contributed by atoms with Crippen LogP contribution >= 0.6 is 0 Å². The highest BCUT2D eigenvalue weighted by Crippen LogP contribution is 2.47. The maximum atomic E-state index is 11.6. The van der Waals surface area contributed by atoms with E-state index in [0.717, 1.165) is 32.2 Å². The summed E-state index contributed by atoms with van der Waals surface area (Å²) in [5.41, 5.74) is 0.243. The first-order chi connectivity index (χ1) is 8.22. The molecule has 0 spiro atoms. The smallest absolute Gasteiger partial charge is 0.220 e. The van der Waals surface area contributed by atoms with Gasteiger partial charge in [-0.25, -0.2) is 0 Å². The minimum atomic E-state index is 0.186. The van der Waals surface area contributed by atoms with Gasteiger partial charge in [0.25, 0.3) is 0 Å². The Labute approximate surface area is 105 Å². The molecule has 0 aliphatic heterocycles. The van der Waals surface area contributed by atoms with Gasteiger partial charge < -0.3 is 10.4 Å². The van der Waals surface area contributed by atoms with Crippen molar-refractivity contribution in [1.29, 1.82) is 0 Å². The average Bonchev–Trinajstić information content (AvgIpc) is 3.07. The van der Waals surface area contributed by atoms with Gasteiger partial charge in [-0.3, -0.25) is 4.79 Å². The Balaban J connectivity index is 1.98. The van der Waals surface area contributed by atoms with Gasteiger partial charge in [0.05, 0.1) is 0 Å². The van der Waals surface area contributed by atoms with Crippen molar-refractivity contribution in [3.05, 3.63) is 0 Å². The molecule has 1 fully saturated rings. The van der Waals surface area contributed by atoms with Gasteiger partial charge in [-0.1, -0.05) is 32.6 Å². The fourth-order valence-electron chi connectivity index (χ4n) is 2.19. The molecule has 2 N–H and O–H groups in total. The van der Waals surface area contributed by atoms with E-state index in [4.69, 9.17) is 5.11 Å². The minimum absolute atomic E-state index is 0.186. The number of unbranched alkanes of at least 4 members (excludes halogenated alkanes) is 4. The lowest BCUT2D eigenvalue weighted by Crippen LogP contribution is -2.30. The van der Waals surface area contributed by atoms with E-state index in [1.54, 1.807) is 0 Å². The molecule has 0 radical (unpaired) electrons. The van der Waals surface area contributed by atoms with Crippen molar-refractivity contribution in [2.75, 3.05) is 13.2 Å². The predicted octanol–water partition coefficient (Wildman–Crippen LogP) is 2.63. The van der Waals surface area contributed by atoms with Crippen molar-refractivity contribution >= 4 is 5.91 Å². The van der Waals surface area contributed by atoms with Crippen LogP contribution in [0, 0.1) is 5.41 Å². The van der Waals surface area contributed by atoms with Crippen molar-refractivity contribution in [3.8, 4) is 0 Å². The largest absolute Gasteiger partial charge is 0.396 e. The number of aliphatic hydroxyl groups is 1. The van der Waals surface area contributed by atoms with Crippen LogP contribution in [-0.4, -0.2) is 24.2 Å². The number of hydrogen-bond donors (Lipinski definition) is 2. The van der Waals surface area contributed by atoms with Crippen molar-refractivity contribution in [3.63, 3.8) is 0 Å². The van der Waals surface area contributed by atoms with Crippen LogP contribution in [0.1, 0.15) is 64.7 Å². The highest BCUT2D eigenvalue weighted by molar-refractivity contribution is 5.75. The van der Waals surface area contributed by atoms with Crippen molar-refractivity contribution in [1.82, 2.24) is 5.32 Å². The second-order valence-electron chi connectivity index (χ2n) is 5.41. The number of hydrogen-bond acceptors (Lipinski definition) is 2. The summed E-state index contributed by atoms with van der Waals surface area (Å²) < 4.78 is 0. The Morgan fingerprint density at radius 1 is 1.24 bits per heavy atom. The molecule has 0 atom stereocenters. The maximum Gasteiger partial charge on any atom is 0.220 e. The van der Waals surface area contributed by atoms with Gasteiger partial charge in [-0.15, -0.1) is 0 Å². The second-order valence-corrected chi connectivity index (χ2v) is 5.41. The van der Waals surface area contributed by atoms with Crippen LogP contribution in [0.15, 0.2) is 0 Å². The number of aliphatic hydroxyl groups excluding tert-OH is 1. The van der Waals surface area contributed by atoms with Crippen molar-refractivity contribution in [2.24, 2.45) is 5.41 Å². The van der Waals surface area contributed by atoms with Gasteiger partial charge in [0, 0.05) is 19.6 Å². The van der Waals surface area contributed by atoms with Gasteiger partial charge >= 0.3 is 0 Å². The van der Waals surface area contributed by atoms with E-state index in [9.17, 15) is 4.79 Å². The second kappa shape index (κ2) is 7.70. The van der Waals surface area contributed by atoms with E-state index in [-0.39, 0.29) is 17.9 Å². The topological polar surface area (TPSA) is 49.3 Å². The van der Waals surface area contributed by atoms with E-state index >= 15 is 0 Å². The molecule has 0 aromatic rings. The zero-order valence-corrected chi connectivity index (χ0v) is 11.1. The van der Waals surface area contributed by atoms with Crippen LogP contribution in [0.3, 0.4) is 0 Å². The lowest BCUT2D eigenvalue weighted by molar-refractivity contribution is -0.121. The summed E-state index contributed by atoms with van der Waals surface area (Å²) in [6.45, 7) is 3.21. The van der Waals surface area contributed by atoms with Gasteiger partial charge in [0.1, 0.15) is 0 Å². The molecule has 3 heteroatoms. The first kappa shape index (κ1) is 14.5. The SMILES string of the molecule is CCCCCCCC(=O)NCC1(CCO)CC1. The Bertz CT molecular complexity index is 224. The molecule has 1 aliphatic carbocycles. The van der Waals surface area contributed by atoms with E-state index in [2.05, 4.69) is 12.2 Å². The summed E-state index contributed by atoms with van der Waals surface area (Å²) in [5, 5.41) is 11.9. The van der Waals surface area contributed by atoms with E-state index in [0.29, 0.717) is 6.42 Å². The Morgan fingerprint density at radius 2 is 1.94 bits per heavy atom. The number of amides is 1. The molecule has 0 aromatic heterocycles. The normalized spacial score (nSPS) is 16.8. The third-order valence-electron chi connectivity index (χ3n) is 3.77. The molecule has 3 nitrogen and oxygen atoms in total. The van der Waals surface area contributed by atoms with Crippen LogP contribution < -0.4 is 5.32 Å². The molecular formula is C14H27NO2. The maximum absolute atomic E-state index is 11.6. The van der Waals surface area contributed by atoms with E-state index in [1.807, 2.05) is 0 Å². The first-order valence-corrected chi connectivity index (χ1v) is 7.10. The molecule has 1 amide bonds. The van der Waals surface area contributed by atoms with E-state index < -0.39 is 0 Å². The van der Waals surface area contributed by atoms with Gasteiger partial charge in [0.2, 0.25) is 5.91 Å². The number of carbonyl (C=O) groups excluding carboxylic acids is 1. The van der Waals surface area contributed by atoms with Crippen LogP contribution in [0.5, 0.6) is 0 Å². The summed E-state index contributed by atoms with van der Waals surface area (Å²) >= 11 is 0. The molecule has 0 bridgehead atoms.